The molecule has 4 rings (SSSR count). The number of carbonyl (C=O) groups excluding carboxylic acids is 2. The van der Waals surface area contributed by atoms with Crippen LogP contribution in [0.1, 0.15) is 12.0 Å². The van der Waals surface area contributed by atoms with Crippen LogP contribution in [0.25, 0.3) is 0 Å². The Hall–Kier alpha value is -3.13. The number of hydrogen-bond donors (Lipinski definition) is 0. The van der Waals surface area contributed by atoms with Crippen molar-refractivity contribution in [3.05, 3.63) is 53.8 Å². The third-order valence-corrected chi connectivity index (χ3v) is 6.24. The fourth-order valence-corrected chi connectivity index (χ4v) is 4.41. The molecule has 2 aromatic carbocycles. The average molecular weight is 442 g/mol. The molecule has 170 valence electrons. The van der Waals surface area contributed by atoms with Crippen molar-refractivity contribution >= 4 is 17.5 Å². The van der Waals surface area contributed by atoms with E-state index in [1.807, 2.05) is 18.2 Å². The van der Waals surface area contributed by atoms with Gasteiger partial charge in [-0.1, -0.05) is 6.07 Å². The van der Waals surface area contributed by atoms with Crippen molar-refractivity contribution in [2.75, 3.05) is 51.8 Å². The zero-order valence-electron chi connectivity index (χ0n) is 18.4. The van der Waals surface area contributed by atoms with Gasteiger partial charge in [-0.3, -0.25) is 19.4 Å². The molecule has 8 heteroatoms. The van der Waals surface area contributed by atoms with Crippen molar-refractivity contribution in [1.82, 2.24) is 9.80 Å². The van der Waals surface area contributed by atoms with Gasteiger partial charge in [0.25, 0.3) is 0 Å². The number of rotatable bonds is 7. The molecule has 2 aliphatic rings. The van der Waals surface area contributed by atoms with Crippen LogP contribution < -0.4 is 14.4 Å². The van der Waals surface area contributed by atoms with Gasteiger partial charge in [-0.05, 0) is 48.4 Å². The smallest absolute Gasteiger partial charge is 0.247 e. The number of carbonyl (C=O) groups is 2. The molecule has 0 spiro atoms. The zero-order chi connectivity index (χ0) is 22.7. The van der Waals surface area contributed by atoms with Crippen molar-refractivity contribution in [2.24, 2.45) is 0 Å². The number of likely N-dealkylation sites (tertiary alicyclic amines) is 1. The SMILES string of the molecule is COc1ccc(CCN2C(=O)C[C@@H](N3CCN(c4ccc(F)cc4)CC3)C2=O)cc1OC. The van der Waals surface area contributed by atoms with Crippen molar-refractivity contribution in [2.45, 2.75) is 18.9 Å². The first-order valence-electron chi connectivity index (χ1n) is 10.8. The molecule has 0 radical (unpaired) electrons. The van der Waals surface area contributed by atoms with E-state index >= 15 is 0 Å². The molecule has 7 nitrogen and oxygen atoms in total. The van der Waals surface area contributed by atoms with Gasteiger partial charge in [0, 0.05) is 38.4 Å². The lowest BCUT2D eigenvalue weighted by Gasteiger charge is -2.38. The minimum atomic E-state index is -0.400. The van der Waals surface area contributed by atoms with E-state index in [9.17, 15) is 14.0 Å². The number of nitrogens with zero attached hydrogens (tertiary/aromatic N) is 3. The van der Waals surface area contributed by atoms with Crippen LogP contribution in [-0.2, 0) is 16.0 Å². The summed E-state index contributed by atoms with van der Waals surface area (Å²) in [5.74, 6) is 0.771. The van der Waals surface area contributed by atoms with E-state index in [4.69, 9.17) is 9.47 Å². The number of amides is 2. The van der Waals surface area contributed by atoms with Gasteiger partial charge in [-0.25, -0.2) is 4.39 Å². The lowest BCUT2D eigenvalue weighted by molar-refractivity contribution is -0.139. The summed E-state index contributed by atoms with van der Waals surface area (Å²) in [5, 5.41) is 0. The lowest BCUT2D eigenvalue weighted by Crippen LogP contribution is -2.52. The van der Waals surface area contributed by atoms with Crippen LogP contribution in [-0.4, -0.2) is 74.6 Å². The average Bonchev–Trinajstić information content (AvgIpc) is 3.11. The number of piperazine rings is 1. The monoisotopic (exact) mass is 441 g/mol. The second-order valence-corrected chi connectivity index (χ2v) is 8.04. The molecule has 0 saturated carbocycles. The number of halogens is 1. The van der Waals surface area contributed by atoms with E-state index < -0.39 is 6.04 Å². The molecule has 0 bridgehead atoms. The highest BCUT2D eigenvalue weighted by Gasteiger charge is 2.42. The van der Waals surface area contributed by atoms with Crippen LogP contribution in [0, 0.1) is 5.82 Å². The molecule has 0 N–H and O–H groups in total. The molecule has 2 heterocycles. The summed E-state index contributed by atoms with van der Waals surface area (Å²) in [6.45, 7) is 3.18. The molecule has 0 unspecified atom stereocenters. The topological polar surface area (TPSA) is 62.3 Å². The number of methoxy groups -OCH3 is 2. The Bertz CT molecular complexity index is 974. The highest BCUT2D eigenvalue weighted by Crippen LogP contribution is 2.28. The fraction of sp³-hybridized carbons (Fsp3) is 0.417. The van der Waals surface area contributed by atoms with Crippen LogP contribution >= 0.6 is 0 Å². The largest absolute Gasteiger partial charge is 0.493 e. The standard InChI is InChI=1S/C24H28FN3O4/c1-31-21-8-3-17(15-22(21)32-2)9-10-28-23(29)16-20(24(28)30)27-13-11-26(12-14-27)19-6-4-18(25)5-7-19/h3-8,15,20H,9-14,16H2,1-2H3/t20-/m1/s1. The normalized spacial score (nSPS) is 19.5. The maximum Gasteiger partial charge on any atom is 0.247 e. The van der Waals surface area contributed by atoms with Crippen LogP contribution in [0.4, 0.5) is 10.1 Å². The highest BCUT2D eigenvalue weighted by atomic mass is 19.1. The fourth-order valence-electron chi connectivity index (χ4n) is 4.41. The molecular weight excluding hydrogens is 413 g/mol. The summed E-state index contributed by atoms with van der Waals surface area (Å²) >= 11 is 0. The van der Waals surface area contributed by atoms with Gasteiger partial charge in [0.2, 0.25) is 11.8 Å². The van der Waals surface area contributed by atoms with Crippen LogP contribution in [0.5, 0.6) is 11.5 Å². The van der Waals surface area contributed by atoms with E-state index in [0.717, 1.165) is 24.3 Å². The van der Waals surface area contributed by atoms with Gasteiger partial charge in [0.05, 0.1) is 26.7 Å². The summed E-state index contributed by atoms with van der Waals surface area (Å²) in [4.78, 5) is 31.2. The summed E-state index contributed by atoms with van der Waals surface area (Å²) < 4.78 is 23.8. The Labute approximate surface area is 187 Å². The summed E-state index contributed by atoms with van der Waals surface area (Å²) in [6.07, 6.45) is 0.782. The molecule has 2 amide bonds. The molecule has 0 aliphatic carbocycles. The Morgan fingerprint density at radius 3 is 2.28 bits per heavy atom. The van der Waals surface area contributed by atoms with E-state index in [2.05, 4.69) is 9.80 Å². The Kier molecular flexibility index (Phi) is 6.60. The molecular formula is C24H28FN3O4. The minimum Gasteiger partial charge on any atom is -0.493 e. The third-order valence-electron chi connectivity index (χ3n) is 6.24. The van der Waals surface area contributed by atoms with Crippen LogP contribution in [0.15, 0.2) is 42.5 Å². The summed E-state index contributed by atoms with van der Waals surface area (Å²) in [5.41, 5.74) is 1.94. The van der Waals surface area contributed by atoms with E-state index in [0.29, 0.717) is 37.6 Å². The van der Waals surface area contributed by atoms with E-state index in [1.165, 1.54) is 17.0 Å². The van der Waals surface area contributed by atoms with Gasteiger partial charge < -0.3 is 14.4 Å². The van der Waals surface area contributed by atoms with Crippen molar-refractivity contribution in [3.8, 4) is 11.5 Å². The second kappa shape index (κ2) is 9.56. The number of anilines is 1. The third kappa shape index (κ3) is 4.55. The predicted molar refractivity (Wildman–Crippen MR) is 119 cm³/mol. The van der Waals surface area contributed by atoms with E-state index in [-0.39, 0.29) is 24.1 Å². The molecule has 0 aromatic heterocycles. The second-order valence-electron chi connectivity index (χ2n) is 8.04. The number of hydrogen-bond acceptors (Lipinski definition) is 6. The number of ether oxygens (including phenoxy) is 2. The van der Waals surface area contributed by atoms with Crippen LogP contribution in [0.2, 0.25) is 0 Å². The van der Waals surface area contributed by atoms with Gasteiger partial charge in [-0.15, -0.1) is 0 Å². The van der Waals surface area contributed by atoms with Gasteiger partial charge in [-0.2, -0.15) is 0 Å². The number of imide groups is 1. The first kappa shape index (κ1) is 22.1. The Morgan fingerprint density at radius 1 is 0.938 bits per heavy atom. The maximum absolute atomic E-state index is 13.2. The molecule has 2 aliphatic heterocycles. The van der Waals surface area contributed by atoms with Crippen molar-refractivity contribution in [3.63, 3.8) is 0 Å². The highest BCUT2D eigenvalue weighted by molar-refractivity contribution is 6.05. The Balaban J connectivity index is 1.33. The molecule has 2 saturated heterocycles. The van der Waals surface area contributed by atoms with Gasteiger partial charge in [0.15, 0.2) is 11.5 Å². The molecule has 2 aromatic rings. The lowest BCUT2D eigenvalue weighted by atomic mass is 10.1. The minimum absolute atomic E-state index is 0.120. The predicted octanol–water partition coefficient (Wildman–Crippen LogP) is 2.34. The summed E-state index contributed by atoms with van der Waals surface area (Å²) in [6, 6.07) is 11.7. The van der Waals surface area contributed by atoms with Crippen molar-refractivity contribution in [1.29, 1.82) is 0 Å². The number of benzene rings is 2. The molecule has 32 heavy (non-hydrogen) atoms. The first-order valence-corrected chi connectivity index (χ1v) is 10.8. The first-order chi connectivity index (χ1) is 15.5. The Morgan fingerprint density at radius 2 is 1.62 bits per heavy atom. The van der Waals surface area contributed by atoms with Crippen molar-refractivity contribution < 1.29 is 23.5 Å². The van der Waals surface area contributed by atoms with Crippen LogP contribution in [0.3, 0.4) is 0 Å². The molecule has 1 atom stereocenters. The quantitative estimate of drug-likeness (QED) is 0.615. The molecule has 2 fully saturated rings. The van der Waals surface area contributed by atoms with Gasteiger partial charge in [0.1, 0.15) is 5.82 Å². The summed E-state index contributed by atoms with van der Waals surface area (Å²) in [7, 11) is 3.16. The van der Waals surface area contributed by atoms with Gasteiger partial charge >= 0.3 is 0 Å². The maximum atomic E-state index is 13.2. The zero-order valence-corrected chi connectivity index (χ0v) is 18.4. The van der Waals surface area contributed by atoms with E-state index in [1.54, 1.807) is 26.4 Å².